The minimum atomic E-state index is -0.194. The van der Waals surface area contributed by atoms with Crippen LogP contribution in [0, 0.1) is 0 Å². The zero-order valence-electron chi connectivity index (χ0n) is 16.9. The zero-order chi connectivity index (χ0) is 21.0. The normalized spacial score (nSPS) is 11.8. The minimum absolute atomic E-state index is 0.0510. The molecule has 0 saturated heterocycles. The summed E-state index contributed by atoms with van der Waals surface area (Å²) in [6.07, 6.45) is 0.833. The number of methoxy groups -OCH3 is 2. The van der Waals surface area contributed by atoms with E-state index in [-0.39, 0.29) is 11.9 Å². The van der Waals surface area contributed by atoms with Gasteiger partial charge in [-0.15, -0.1) is 0 Å². The Morgan fingerprint density at radius 2 is 1.86 bits per heavy atom. The third kappa shape index (κ3) is 4.54. The number of halogens is 1. The van der Waals surface area contributed by atoms with Gasteiger partial charge in [-0.1, -0.05) is 18.5 Å². The largest absolute Gasteiger partial charge is 0.497 e. The predicted molar refractivity (Wildman–Crippen MR) is 114 cm³/mol. The summed E-state index contributed by atoms with van der Waals surface area (Å²) in [4.78, 5) is 12.9. The number of carbonyl (C=O) groups excluding carboxylic acids is 1. The molecule has 152 valence electrons. The summed E-state index contributed by atoms with van der Waals surface area (Å²) in [5.74, 6) is 1.09. The first-order chi connectivity index (χ1) is 14.0. The SMILES string of the molecule is CC[C@@H](C)NC(=O)c1cc(-c2ccc(OC)cc2OC)nn1-c1ccc(Cl)cc1. The predicted octanol–water partition coefficient (Wildman–Crippen LogP) is 4.74. The Balaban J connectivity index is 2.11. The second-order valence-corrected chi connectivity index (χ2v) is 7.09. The maximum atomic E-state index is 12.9. The molecular formula is C22H24ClN3O3. The van der Waals surface area contributed by atoms with E-state index in [0.717, 1.165) is 17.7 Å². The van der Waals surface area contributed by atoms with Gasteiger partial charge in [-0.05, 0) is 55.8 Å². The number of aromatic nitrogens is 2. The average molecular weight is 414 g/mol. The van der Waals surface area contributed by atoms with E-state index in [4.69, 9.17) is 26.2 Å². The highest BCUT2D eigenvalue weighted by atomic mass is 35.5. The van der Waals surface area contributed by atoms with Crippen LogP contribution in [0.25, 0.3) is 16.9 Å². The molecule has 1 atom stereocenters. The van der Waals surface area contributed by atoms with Gasteiger partial charge >= 0.3 is 0 Å². The molecule has 0 bridgehead atoms. The van der Waals surface area contributed by atoms with Gasteiger partial charge in [-0.3, -0.25) is 4.79 Å². The lowest BCUT2D eigenvalue weighted by molar-refractivity contribution is 0.0931. The zero-order valence-corrected chi connectivity index (χ0v) is 17.7. The third-order valence-electron chi connectivity index (χ3n) is 4.69. The van der Waals surface area contributed by atoms with Crippen molar-refractivity contribution in [3.8, 4) is 28.4 Å². The summed E-state index contributed by atoms with van der Waals surface area (Å²) in [6.45, 7) is 3.99. The van der Waals surface area contributed by atoms with E-state index < -0.39 is 0 Å². The average Bonchev–Trinajstić information content (AvgIpc) is 3.19. The van der Waals surface area contributed by atoms with Gasteiger partial charge in [0.2, 0.25) is 0 Å². The first-order valence-corrected chi connectivity index (χ1v) is 9.73. The fourth-order valence-electron chi connectivity index (χ4n) is 2.86. The van der Waals surface area contributed by atoms with Crippen LogP contribution in [0.15, 0.2) is 48.5 Å². The number of nitrogens with zero attached hydrogens (tertiary/aromatic N) is 2. The Hall–Kier alpha value is -2.99. The Bertz CT molecular complexity index is 999. The highest BCUT2D eigenvalue weighted by Gasteiger charge is 2.20. The van der Waals surface area contributed by atoms with Gasteiger partial charge in [0.15, 0.2) is 0 Å². The Kier molecular flexibility index (Phi) is 6.44. The summed E-state index contributed by atoms with van der Waals surface area (Å²) in [5.41, 5.74) is 2.55. The van der Waals surface area contributed by atoms with Crippen LogP contribution < -0.4 is 14.8 Å². The molecule has 0 unspecified atom stereocenters. The second kappa shape index (κ2) is 9.01. The quantitative estimate of drug-likeness (QED) is 0.607. The van der Waals surface area contributed by atoms with Crippen molar-refractivity contribution in [1.29, 1.82) is 0 Å². The van der Waals surface area contributed by atoms with Crippen molar-refractivity contribution in [2.45, 2.75) is 26.3 Å². The molecule has 6 nitrogen and oxygen atoms in total. The molecule has 3 aromatic rings. The van der Waals surface area contributed by atoms with Crippen molar-refractivity contribution < 1.29 is 14.3 Å². The van der Waals surface area contributed by atoms with Crippen LogP contribution in [-0.2, 0) is 0 Å². The van der Waals surface area contributed by atoms with E-state index in [1.165, 1.54) is 0 Å². The Labute approximate surface area is 175 Å². The standard InChI is InChI=1S/C22H24ClN3O3/c1-5-14(2)24-22(27)20-13-19(18-11-10-17(28-3)12-21(18)29-4)25-26(20)16-8-6-15(23)7-9-16/h6-14H,5H2,1-4H3,(H,24,27)/t14-/m1/s1. The lowest BCUT2D eigenvalue weighted by atomic mass is 10.1. The van der Waals surface area contributed by atoms with E-state index >= 15 is 0 Å². The minimum Gasteiger partial charge on any atom is -0.497 e. The van der Waals surface area contributed by atoms with Crippen LogP contribution >= 0.6 is 11.6 Å². The molecule has 1 amide bonds. The molecule has 0 saturated carbocycles. The first kappa shape index (κ1) is 20.7. The molecule has 0 aliphatic rings. The number of hydrogen-bond donors (Lipinski definition) is 1. The molecule has 1 heterocycles. The number of benzene rings is 2. The molecular weight excluding hydrogens is 390 g/mol. The molecule has 0 aliphatic heterocycles. The molecule has 29 heavy (non-hydrogen) atoms. The summed E-state index contributed by atoms with van der Waals surface area (Å²) in [5, 5.41) is 8.31. The van der Waals surface area contributed by atoms with Gasteiger partial charge in [-0.2, -0.15) is 5.10 Å². The van der Waals surface area contributed by atoms with E-state index in [2.05, 4.69) is 5.32 Å². The number of carbonyl (C=O) groups is 1. The number of nitrogens with one attached hydrogen (secondary N) is 1. The number of ether oxygens (including phenoxy) is 2. The molecule has 3 rings (SSSR count). The third-order valence-corrected chi connectivity index (χ3v) is 4.94. The van der Waals surface area contributed by atoms with Gasteiger partial charge in [0, 0.05) is 22.7 Å². The Morgan fingerprint density at radius 3 is 2.48 bits per heavy atom. The summed E-state index contributed by atoms with van der Waals surface area (Å²) >= 11 is 6.02. The van der Waals surface area contributed by atoms with Gasteiger partial charge in [-0.25, -0.2) is 4.68 Å². The second-order valence-electron chi connectivity index (χ2n) is 6.65. The maximum absolute atomic E-state index is 12.9. The molecule has 1 aromatic heterocycles. The van der Waals surface area contributed by atoms with Crippen molar-refractivity contribution >= 4 is 17.5 Å². The van der Waals surface area contributed by atoms with Crippen molar-refractivity contribution in [2.24, 2.45) is 0 Å². The van der Waals surface area contributed by atoms with E-state index in [1.807, 2.05) is 38.1 Å². The van der Waals surface area contributed by atoms with Gasteiger partial charge in [0.1, 0.15) is 17.2 Å². The van der Waals surface area contributed by atoms with Gasteiger partial charge in [0.05, 0.1) is 25.6 Å². The van der Waals surface area contributed by atoms with Crippen LogP contribution in [0.1, 0.15) is 30.8 Å². The molecule has 2 aromatic carbocycles. The van der Waals surface area contributed by atoms with E-state index in [1.54, 1.807) is 43.2 Å². The molecule has 7 heteroatoms. The lowest BCUT2D eigenvalue weighted by Crippen LogP contribution is -2.33. The molecule has 0 fully saturated rings. The Morgan fingerprint density at radius 1 is 1.14 bits per heavy atom. The smallest absolute Gasteiger partial charge is 0.270 e. The highest BCUT2D eigenvalue weighted by Crippen LogP contribution is 2.33. The van der Waals surface area contributed by atoms with Crippen molar-refractivity contribution in [1.82, 2.24) is 15.1 Å². The van der Waals surface area contributed by atoms with Crippen LogP contribution in [0.3, 0.4) is 0 Å². The van der Waals surface area contributed by atoms with Crippen molar-refractivity contribution in [3.63, 3.8) is 0 Å². The van der Waals surface area contributed by atoms with Crippen LogP contribution in [0.2, 0.25) is 5.02 Å². The molecule has 0 spiro atoms. The highest BCUT2D eigenvalue weighted by molar-refractivity contribution is 6.30. The van der Waals surface area contributed by atoms with Crippen molar-refractivity contribution in [3.05, 3.63) is 59.2 Å². The lowest BCUT2D eigenvalue weighted by Gasteiger charge is -2.12. The maximum Gasteiger partial charge on any atom is 0.270 e. The fraction of sp³-hybridized carbons (Fsp3) is 0.273. The summed E-state index contributed by atoms with van der Waals surface area (Å²) in [6, 6.07) is 14.5. The van der Waals surface area contributed by atoms with Gasteiger partial charge in [0.25, 0.3) is 5.91 Å². The monoisotopic (exact) mass is 413 g/mol. The number of rotatable bonds is 7. The summed E-state index contributed by atoms with van der Waals surface area (Å²) < 4.78 is 12.4. The van der Waals surface area contributed by atoms with Crippen molar-refractivity contribution in [2.75, 3.05) is 14.2 Å². The number of amides is 1. The van der Waals surface area contributed by atoms with E-state index in [0.29, 0.717) is 27.9 Å². The number of hydrogen-bond acceptors (Lipinski definition) is 4. The van der Waals surface area contributed by atoms with E-state index in [9.17, 15) is 4.79 Å². The van der Waals surface area contributed by atoms with Crippen LogP contribution in [-0.4, -0.2) is 35.9 Å². The molecule has 0 radical (unpaired) electrons. The summed E-state index contributed by atoms with van der Waals surface area (Å²) in [7, 11) is 3.19. The topological polar surface area (TPSA) is 65.4 Å². The fourth-order valence-corrected chi connectivity index (χ4v) is 2.99. The van der Waals surface area contributed by atoms with Crippen LogP contribution in [0.5, 0.6) is 11.5 Å². The van der Waals surface area contributed by atoms with Crippen LogP contribution in [0.4, 0.5) is 0 Å². The molecule has 0 aliphatic carbocycles. The first-order valence-electron chi connectivity index (χ1n) is 9.36. The van der Waals surface area contributed by atoms with Gasteiger partial charge < -0.3 is 14.8 Å². The molecule has 1 N–H and O–H groups in total.